The minimum atomic E-state index is -0.216. The molecule has 1 amide bonds. The second-order valence-corrected chi connectivity index (χ2v) is 5.02. The van der Waals surface area contributed by atoms with Crippen LogP contribution in [0.1, 0.15) is 25.0 Å². The largest absolute Gasteiger partial charge is 0.469 e. The number of hydrogen-bond donors (Lipinski definition) is 0. The third kappa shape index (κ3) is 3.79. The molecule has 5 nitrogen and oxygen atoms in total. The van der Waals surface area contributed by atoms with Gasteiger partial charge in [-0.05, 0) is 31.4 Å². The van der Waals surface area contributed by atoms with E-state index in [1.807, 2.05) is 18.2 Å². The lowest BCUT2D eigenvalue weighted by Gasteiger charge is -2.31. The predicted molar refractivity (Wildman–Crippen MR) is 73.9 cm³/mol. The summed E-state index contributed by atoms with van der Waals surface area (Å²) in [4.78, 5) is 29.7. The third-order valence-electron chi connectivity index (χ3n) is 3.63. The van der Waals surface area contributed by atoms with Crippen molar-refractivity contribution in [2.45, 2.75) is 25.7 Å². The van der Waals surface area contributed by atoms with Gasteiger partial charge in [-0.15, -0.1) is 0 Å². The van der Waals surface area contributed by atoms with Gasteiger partial charge in [-0.1, -0.05) is 6.07 Å². The van der Waals surface area contributed by atoms with Gasteiger partial charge in [0.25, 0.3) is 0 Å². The number of carbonyl (C=O) groups excluding carboxylic acids is 2. The molecule has 0 spiro atoms. The molecule has 1 aliphatic heterocycles. The van der Waals surface area contributed by atoms with Gasteiger partial charge in [0.05, 0.1) is 13.0 Å². The van der Waals surface area contributed by atoms with Gasteiger partial charge in [0, 0.05) is 31.4 Å². The lowest BCUT2D eigenvalue weighted by atomic mass is 9.98. The molecule has 1 aliphatic rings. The van der Waals surface area contributed by atoms with E-state index < -0.39 is 0 Å². The highest BCUT2D eigenvalue weighted by Crippen LogP contribution is 2.18. The molecule has 1 atom stereocenters. The topological polar surface area (TPSA) is 59.5 Å². The van der Waals surface area contributed by atoms with Gasteiger partial charge >= 0.3 is 5.97 Å². The van der Waals surface area contributed by atoms with Crippen LogP contribution in [-0.2, 0) is 20.7 Å². The van der Waals surface area contributed by atoms with Crippen LogP contribution >= 0.6 is 0 Å². The average Bonchev–Trinajstić information content (AvgIpc) is 2.53. The number of esters is 1. The summed E-state index contributed by atoms with van der Waals surface area (Å²) in [6, 6.07) is 5.69. The highest BCUT2D eigenvalue weighted by atomic mass is 16.5. The van der Waals surface area contributed by atoms with Crippen LogP contribution in [-0.4, -0.2) is 42.0 Å². The summed E-state index contributed by atoms with van der Waals surface area (Å²) in [6.07, 6.45) is 4.46. The van der Waals surface area contributed by atoms with Crippen molar-refractivity contribution in [2.75, 3.05) is 20.2 Å². The molecule has 20 heavy (non-hydrogen) atoms. The zero-order valence-corrected chi connectivity index (χ0v) is 11.7. The van der Waals surface area contributed by atoms with Crippen LogP contribution in [0, 0.1) is 5.92 Å². The highest BCUT2D eigenvalue weighted by molar-refractivity contribution is 5.78. The van der Waals surface area contributed by atoms with E-state index in [-0.39, 0.29) is 17.8 Å². The maximum absolute atomic E-state index is 12.2. The molecule has 0 aliphatic carbocycles. The molecule has 1 aromatic rings. The van der Waals surface area contributed by atoms with Gasteiger partial charge in [-0.25, -0.2) is 0 Å². The number of pyridine rings is 1. The quantitative estimate of drug-likeness (QED) is 0.780. The molecule has 2 heterocycles. The number of carbonyl (C=O) groups is 2. The molecule has 108 valence electrons. The van der Waals surface area contributed by atoms with E-state index in [0.29, 0.717) is 19.4 Å². The van der Waals surface area contributed by atoms with Crippen LogP contribution in [0.25, 0.3) is 0 Å². The van der Waals surface area contributed by atoms with E-state index in [4.69, 9.17) is 4.74 Å². The fourth-order valence-corrected chi connectivity index (χ4v) is 2.50. The molecular formula is C15H20N2O3. The molecule has 0 bridgehead atoms. The Morgan fingerprint density at radius 2 is 2.30 bits per heavy atom. The minimum Gasteiger partial charge on any atom is -0.469 e. The van der Waals surface area contributed by atoms with Crippen molar-refractivity contribution in [3.8, 4) is 0 Å². The molecule has 0 N–H and O–H groups in total. The van der Waals surface area contributed by atoms with Crippen molar-refractivity contribution < 1.29 is 14.3 Å². The summed E-state index contributed by atoms with van der Waals surface area (Å²) in [5.41, 5.74) is 0.919. The smallest absolute Gasteiger partial charge is 0.310 e. The van der Waals surface area contributed by atoms with Gasteiger partial charge in [-0.3, -0.25) is 14.6 Å². The van der Waals surface area contributed by atoms with Crippen LogP contribution in [0.15, 0.2) is 24.4 Å². The number of methoxy groups -OCH3 is 1. The number of likely N-dealkylation sites (tertiary alicyclic amines) is 1. The van der Waals surface area contributed by atoms with E-state index in [1.165, 1.54) is 7.11 Å². The van der Waals surface area contributed by atoms with Gasteiger partial charge in [0.2, 0.25) is 5.91 Å². The second kappa shape index (κ2) is 7.03. The zero-order valence-electron chi connectivity index (χ0n) is 11.7. The summed E-state index contributed by atoms with van der Waals surface area (Å²) < 4.78 is 4.76. The second-order valence-electron chi connectivity index (χ2n) is 5.02. The molecule has 1 unspecified atom stereocenters. The summed E-state index contributed by atoms with van der Waals surface area (Å²) >= 11 is 0. The highest BCUT2D eigenvalue weighted by Gasteiger charge is 2.28. The normalized spacial score (nSPS) is 18.6. The lowest BCUT2D eigenvalue weighted by molar-refractivity contribution is -0.149. The fourth-order valence-electron chi connectivity index (χ4n) is 2.50. The van der Waals surface area contributed by atoms with Crippen molar-refractivity contribution >= 4 is 11.9 Å². The Kier molecular flexibility index (Phi) is 5.09. The number of piperidine rings is 1. The van der Waals surface area contributed by atoms with Crippen LogP contribution in [0.5, 0.6) is 0 Å². The number of ether oxygens (including phenoxy) is 1. The first-order valence-corrected chi connectivity index (χ1v) is 6.96. The maximum atomic E-state index is 12.2. The van der Waals surface area contributed by atoms with E-state index in [1.54, 1.807) is 11.1 Å². The Morgan fingerprint density at radius 1 is 1.45 bits per heavy atom. The Balaban J connectivity index is 1.84. The van der Waals surface area contributed by atoms with E-state index in [9.17, 15) is 9.59 Å². The fraction of sp³-hybridized carbons (Fsp3) is 0.533. The molecule has 0 saturated carbocycles. The molecule has 0 radical (unpaired) electrons. The van der Waals surface area contributed by atoms with Crippen LogP contribution in [0.2, 0.25) is 0 Å². The number of nitrogens with zero attached hydrogens (tertiary/aromatic N) is 2. The monoisotopic (exact) mass is 276 g/mol. The molecule has 1 saturated heterocycles. The van der Waals surface area contributed by atoms with Gasteiger partial charge in [0.1, 0.15) is 0 Å². The summed E-state index contributed by atoms with van der Waals surface area (Å²) in [7, 11) is 1.39. The van der Waals surface area contributed by atoms with Crippen molar-refractivity contribution in [3.05, 3.63) is 30.1 Å². The van der Waals surface area contributed by atoms with Gasteiger partial charge < -0.3 is 9.64 Å². The maximum Gasteiger partial charge on any atom is 0.310 e. The van der Waals surface area contributed by atoms with Crippen molar-refractivity contribution in [3.63, 3.8) is 0 Å². The summed E-state index contributed by atoms with van der Waals surface area (Å²) in [5, 5.41) is 0. The molecule has 0 aromatic carbocycles. The molecular weight excluding hydrogens is 256 g/mol. The number of amides is 1. The number of aryl methyl sites for hydroxylation is 1. The number of hydrogen-bond acceptors (Lipinski definition) is 4. The van der Waals surface area contributed by atoms with Crippen LogP contribution in [0.4, 0.5) is 0 Å². The molecule has 5 heteroatoms. The Labute approximate surface area is 118 Å². The van der Waals surface area contributed by atoms with Crippen molar-refractivity contribution in [1.82, 2.24) is 9.88 Å². The Morgan fingerprint density at radius 3 is 3.00 bits per heavy atom. The zero-order chi connectivity index (χ0) is 14.4. The molecule has 1 fully saturated rings. The number of aromatic nitrogens is 1. The first-order chi connectivity index (χ1) is 9.70. The van der Waals surface area contributed by atoms with Gasteiger partial charge in [0.15, 0.2) is 0 Å². The van der Waals surface area contributed by atoms with E-state index in [0.717, 1.165) is 25.1 Å². The van der Waals surface area contributed by atoms with Crippen LogP contribution in [0.3, 0.4) is 0 Å². The SMILES string of the molecule is COC(=O)C1CCCN(C(=O)CCc2ccccn2)C1. The molecule has 1 aromatic heterocycles. The van der Waals surface area contributed by atoms with Crippen molar-refractivity contribution in [1.29, 1.82) is 0 Å². The van der Waals surface area contributed by atoms with Crippen LogP contribution < -0.4 is 0 Å². The first-order valence-electron chi connectivity index (χ1n) is 6.96. The molecule has 2 rings (SSSR count). The Bertz CT molecular complexity index is 461. The Hall–Kier alpha value is -1.91. The predicted octanol–water partition coefficient (Wildman–Crippen LogP) is 1.43. The summed E-state index contributed by atoms with van der Waals surface area (Å²) in [5.74, 6) is -0.302. The van der Waals surface area contributed by atoms with E-state index >= 15 is 0 Å². The van der Waals surface area contributed by atoms with E-state index in [2.05, 4.69) is 4.98 Å². The lowest BCUT2D eigenvalue weighted by Crippen LogP contribution is -2.42. The first kappa shape index (κ1) is 14.5. The summed E-state index contributed by atoms with van der Waals surface area (Å²) in [6.45, 7) is 1.21. The standard InChI is InChI=1S/C15H20N2O3/c1-20-15(19)12-5-4-10-17(11-12)14(18)8-7-13-6-2-3-9-16-13/h2-3,6,9,12H,4-5,7-8,10-11H2,1H3. The number of rotatable bonds is 4. The third-order valence-corrected chi connectivity index (χ3v) is 3.63. The minimum absolute atomic E-state index is 0.0873. The van der Waals surface area contributed by atoms with Gasteiger partial charge in [-0.2, -0.15) is 0 Å². The average molecular weight is 276 g/mol. The van der Waals surface area contributed by atoms with Crippen molar-refractivity contribution in [2.24, 2.45) is 5.92 Å².